The second-order valence-corrected chi connectivity index (χ2v) is 8.08. The molecule has 0 aliphatic rings. The minimum Gasteiger partial charge on any atom is -0.459 e. The fraction of sp³-hybridized carbons (Fsp3) is 0.350. The van der Waals surface area contributed by atoms with Gasteiger partial charge in [-0.2, -0.15) is 0 Å². The van der Waals surface area contributed by atoms with Gasteiger partial charge in [-0.05, 0) is 44.5 Å². The molecule has 0 saturated heterocycles. The van der Waals surface area contributed by atoms with Crippen molar-refractivity contribution in [2.45, 2.75) is 44.6 Å². The Kier molecular flexibility index (Phi) is 7.42. The molecular formula is C20H26N2O5S. The molecule has 0 saturated carbocycles. The third-order valence-corrected chi connectivity index (χ3v) is 4.67. The molecule has 0 atom stereocenters. The number of primary sulfonamides is 1. The van der Waals surface area contributed by atoms with Gasteiger partial charge >= 0.3 is 5.97 Å². The van der Waals surface area contributed by atoms with Crippen LogP contribution in [0.25, 0.3) is 0 Å². The number of nitrogens with two attached hydrogens (primary N) is 1. The van der Waals surface area contributed by atoms with E-state index in [0.29, 0.717) is 18.0 Å². The van der Waals surface area contributed by atoms with Crippen molar-refractivity contribution in [3.63, 3.8) is 0 Å². The summed E-state index contributed by atoms with van der Waals surface area (Å²) in [5.74, 6) is -0.140. The minimum atomic E-state index is -4.16. The number of rotatable bonds is 9. The van der Waals surface area contributed by atoms with Crippen molar-refractivity contribution in [3.8, 4) is 11.5 Å². The van der Waals surface area contributed by atoms with E-state index in [1.54, 1.807) is 38.1 Å². The molecule has 0 radical (unpaired) electrons. The molecule has 3 N–H and O–H groups in total. The highest BCUT2D eigenvalue weighted by Gasteiger charge is 2.24. The lowest BCUT2D eigenvalue weighted by molar-refractivity contribution is 0.0377. The van der Waals surface area contributed by atoms with E-state index < -0.39 is 16.0 Å². The van der Waals surface area contributed by atoms with Crippen LogP contribution < -0.4 is 15.2 Å². The summed E-state index contributed by atoms with van der Waals surface area (Å²) in [6, 6.07) is 11.5. The highest BCUT2D eigenvalue weighted by molar-refractivity contribution is 7.89. The topological polar surface area (TPSA) is 108 Å². The fourth-order valence-corrected chi connectivity index (χ4v) is 3.16. The summed E-state index contributed by atoms with van der Waals surface area (Å²) in [7, 11) is -4.16. The molecule has 0 aliphatic carbocycles. The zero-order valence-corrected chi connectivity index (χ0v) is 17.1. The predicted octanol–water partition coefficient (Wildman–Crippen LogP) is 3.90. The maximum Gasteiger partial charge on any atom is 0.338 e. The Morgan fingerprint density at radius 2 is 1.86 bits per heavy atom. The number of para-hydroxylation sites is 1. The summed E-state index contributed by atoms with van der Waals surface area (Å²) in [5.41, 5.74) is 0.441. The second-order valence-electron chi connectivity index (χ2n) is 6.55. The molecule has 0 aliphatic heterocycles. The highest BCUT2D eigenvalue weighted by atomic mass is 32.2. The normalized spacial score (nSPS) is 11.3. The first kappa shape index (κ1) is 21.7. The number of esters is 1. The lowest BCUT2D eigenvalue weighted by Gasteiger charge is -2.18. The molecule has 7 nitrogen and oxygen atoms in total. The number of carbonyl (C=O) groups excluding carboxylic acids is 1. The van der Waals surface area contributed by atoms with Gasteiger partial charge in [-0.3, -0.25) is 0 Å². The third-order valence-electron chi connectivity index (χ3n) is 3.75. The largest absolute Gasteiger partial charge is 0.459 e. The van der Waals surface area contributed by atoms with Gasteiger partial charge in [-0.1, -0.05) is 31.5 Å². The second kappa shape index (κ2) is 9.57. The van der Waals surface area contributed by atoms with Crippen molar-refractivity contribution in [2.75, 3.05) is 11.9 Å². The van der Waals surface area contributed by atoms with Crippen molar-refractivity contribution < 1.29 is 22.7 Å². The number of hydrogen-bond donors (Lipinski definition) is 2. The van der Waals surface area contributed by atoms with Crippen molar-refractivity contribution in [2.24, 2.45) is 5.14 Å². The molecule has 0 unspecified atom stereocenters. The monoisotopic (exact) mass is 406 g/mol. The van der Waals surface area contributed by atoms with Gasteiger partial charge in [0.05, 0.1) is 17.4 Å². The molecule has 0 amide bonds. The average molecular weight is 407 g/mol. The molecule has 8 heteroatoms. The number of anilines is 1. The van der Waals surface area contributed by atoms with Crippen molar-refractivity contribution in [1.82, 2.24) is 0 Å². The third kappa shape index (κ3) is 5.97. The Balaban J connectivity index is 2.59. The van der Waals surface area contributed by atoms with E-state index in [4.69, 9.17) is 14.6 Å². The lowest BCUT2D eigenvalue weighted by Crippen LogP contribution is -2.18. The Morgan fingerprint density at radius 3 is 2.43 bits per heavy atom. The van der Waals surface area contributed by atoms with Crippen molar-refractivity contribution >= 4 is 21.7 Å². The van der Waals surface area contributed by atoms with Crippen LogP contribution in [0.2, 0.25) is 0 Å². The van der Waals surface area contributed by atoms with Gasteiger partial charge in [0.25, 0.3) is 0 Å². The summed E-state index contributed by atoms with van der Waals surface area (Å²) >= 11 is 0. The molecule has 0 bridgehead atoms. The quantitative estimate of drug-likeness (QED) is 0.483. The van der Waals surface area contributed by atoms with E-state index in [-0.39, 0.29) is 22.3 Å². The Hall–Kier alpha value is -2.58. The van der Waals surface area contributed by atoms with E-state index in [0.717, 1.165) is 12.8 Å². The van der Waals surface area contributed by atoms with Gasteiger partial charge < -0.3 is 14.8 Å². The molecule has 2 aromatic rings. The standard InChI is InChI=1S/C20H26N2O5S/c1-4-5-11-22-17-12-15(20(23)26-14(2)3)13-18(28(21,24)25)19(17)27-16-9-7-6-8-10-16/h6-10,12-14,22H,4-5,11H2,1-3H3,(H2,21,24,25). The number of sulfonamides is 1. The molecule has 2 rings (SSSR count). The molecule has 28 heavy (non-hydrogen) atoms. The Morgan fingerprint density at radius 1 is 1.18 bits per heavy atom. The van der Waals surface area contributed by atoms with Crippen LogP contribution in [0.4, 0.5) is 5.69 Å². The molecular weight excluding hydrogens is 380 g/mol. The number of benzene rings is 2. The van der Waals surface area contributed by atoms with Crippen LogP contribution in [0.15, 0.2) is 47.4 Å². The van der Waals surface area contributed by atoms with Crippen molar-refractivity contribution in [1.29, 1.82) is 0 Å². The van der Waals surface area contributed by atoms with E-state index in [2.05, 4.69) is 5.32 Å². The summed E-state index contributed by atoms with van der Waals surface area (Å²) in [4.78, 5) is 12.1. The van der Waals surface area contributed by atoms with Crippen LogP contribution in [-0.4, -0.2) is 27.0 Å². The average Bonchev–Trinajstić information content (AvgIpc) is 2.62. The van der Waals surface area contributed by atoms with Crippen LogP contribution >= 0.6 is 0 Å². The molecule has 152 valence electrons. The smallest absolute Gasteiger partial charge is 0.338 e. The summed E-state index contributed by atoms with van der Waals surface area (Å²) in [6.07, 6.45) is 1.46. The summed E-state index contributed by atoms with van der Waals surface area (Å²) < 4.78 is 35.5. The van der Waals surface area contributed by atoms with Crippen LogP contribution in [-0.2, 0) is 14.8 Å². The first-order chi connectivity index (χ1) is 13.2. The lowest BCUT2D eigenvalue weighted by atomic mass is 10.1. The van der Waals surface area contributed by atoms with E-state index in [1.165, 1.54) is 12.1 Å². The number of hydrogen-bond acceptors (Lipinski definition) is 6. The number of unbranched alkanes of at least 4 members (excludes halogenated alkanes) is 1. The van der Waals surface area contributed by atoms with Gasteiger partial charge in [0.2, 0.25) is 10.0 Å². The van der Waals surface area contributed by atoms with E-state index in [9.17, 15) is 13.2 Å². The molecule has 0 heterocycles. The van der Waals surface area contributed by atoms with Gasteiger partial charge in [-0.25, -0.2) is 18.4 Å². The SMILES string of the molecule is CCCCNc1cc(C(=O)OC(C)C)cc(S(N)(=O)=O)c1Oc1ccccc1. The number of nitrogens with one attached hydrogen (secondary N) is 1. The summed E-state index contributed by atoms with van der Waals surface area (Å²) in [5, 5.41) is 8.56. The van der Waals surface area contributed by atoms with E-state index in [1.807, 2.05) is 13.0 Å². The highest BCUT2D eigenvalue weighted by Crippen LogP contribution is 2.37. The van der Waals surface area contributed by atoms with Crippen molar-refractivity contribution in [3.05, 3.63) is 48.0 Å². The molecule has 0 fully saturated rings. The summed E-state index contributed by atoms with van der Waals surface area (Å²) in [6.45, 7) is 6.04. The van der Waals surface area contributed by atoms with Crippen LogP contribution in [0.1, 0.15) is 44.0 Å². The Bertz CT molecular complexity index is 912. The molecule has 0 aromatic heterocycles. The molecule has 0 spiro atoms. The maximum atomic E-state index is 12.4. The molecule has 2 aromatic carbocycles. The zero-order chi connectivity index (χ0) is 20.7. The van der Waals surface area contributed by atoms with Gasteiger partial charge in [0.1, 0.15) is 10.6 Å². The predicted molar refractivity (Wildman–Crippen MR) is 108 cm³/mol. The maximum absolute atomic E-state index is 12.4. The van der Waals surface area contributed by atoms with Crippen LogP contribution in [0.3, 0.4) is 0 Å². The minimum absolute atomic E-state index is 0.0471. The zero-order valence-electron chi connectivity index (χ0n) is 16.3. The fourth-order valence-electron chi connectivity index (χ4n) is 2.46. The Labute approximate surface area is 165 Å². The first-order valence-electron chi connectivity index (χ1n) is 9.11. The van der Waals surface area contributed by atoms with E-state index >= 15 is 0 Å². The van der Waals surface area contributed by atoms with Gasteiger partial charge in [0.15, 0.2) is 5.75 Å². The number of ether oxygens (including phenoxy) is 2. The van der Waals surface area contributed by atoms with Crippen LogP contribution in [0, 0.1) is 0 Å². The van der Waals surface area contributed by atoms with Gasteiger partial charge in [-0.15, -0.1) is 0 Å². The first-order valence-corrected chi connectivity index (χ1v) is 10.7. The van der Waals surface area contributed by atoms with Crippen LogP contribution in [0.5, 0.6) is 11.5 Å². The number of carbonyl (C=O) groups is 1. The van der Waals surface area contributed by atoms with Gasteiger partial charge in [0, 0.05) is 6.54 Å².